The van der Waals surface area contributed by atoms with Crippen LogP contribution in [-0.2, 0) is 11.2 Å². The van der Waals surface area contributed by atoms with Crippen LogP contribution >= 0.6 is 23.1 Å². The van der Waals surface area contributed by atoms with Crippen molar-refractivity contribution in [2.24, 2.45) is 0 Å². The van der Waals surface area contributed by atoms with Crippen LogP contribution < -0.4 is 5.32 Å². The molecule has 1 amide bonds. The minimum Gasteiger partial charge on any atom is -0.344 e. The van der Waals surface area contributed by atoms with E-state index < -0.39 is 0 Å². The lowest BCUT2D eigenvalue weighted by atomic mass is 10.1. The molecule has 0 aliphatic rings. The molecular formula is C16H19N5OS2. The fourth-order valence-electron chi connectivity index (χ4n) is 1.84. The van der Waals surface area contributed by atoms with E-state index in [4.69, 9.17) is 5.26 Å². The van der Waals surface area contributed by atoms with Gasteiger partial charge >= 0.3 is 0 Å². The summed E-state index contributed by atoms with van der Waals surface area (Å²) < 4.78 is 0.740. The number of benzene rings is 1. The zero-order valence-electron chi connectivity index (χ0n) is 13.7. The Morgan fingerprint density at radius 2 is 2.12 bits per heavy atom. The maximum atomic E-state index is 11.9. The van der Waals surface area contributed by atoms with Crippen molar-refractivity contribution < 1.29 is 4.79 Å². The molecule has 2 aromatic rings. The first-order valence-electron chi connectivity index (χ1n) is 7.55. The predicted molar refractivity (Wildman–Crippen MR) is 97.6 cm³/mol. The van der Waals surface area contributed by atoms with Crippen molar-refractivity contribution >= 4 is 39.8 Å². The lowest BCUT2D eigenvalue weighted by Crippen LogP contribution is -2.29. The molecule has 0 aliphatic heterocycles. The molecule has 0 atom stereocenters. The minimum absolute atomic E-state index is 0.0184. The SMILES string of the molecule is CCc1ccc(Nc2nnc(SCC(=O)N(C)CCC#N)s2)cc1. The van der Waals surface area contributed by atoms with E-state index in [9.17, 15) is 4.79 Å². The molecular weight excluding hydrogens is 342 g/mol. The number of rotatable bonds is 8. The Balaban J connectivity index is 1.84. The standard InChI is InChI=1S/C16H19N5OS2/c1-3-12-5-7-13(8-6-12)18-15-19-20-16(24-15)23-11-14(22)21(2)10-4-9-17/h5-8H,3-4,10-11H2,1-2H3,(H,18,19). The molecule has 2 rings (SSSR count). The first kappa shape index (κ1) is 18.2. The van der Waals surface area contributed by atoms with Gasteiger partial charge in [0.05, 0.1) is 18.2 Å². The molecule has 1 N–H and O–H groups in total. The summed E-state index contributed by atoms with van der Waals surface area (Å²) in [5.41, 5.74) is 2.25. The van der Waals surface area contributed by atoms with Gasteiger partial charge in [-0.05, 0) is 24.1 Å². The molecule has 24 heavy (non-hydrogen) atoms. The third-order valence-corrected chi connectivity index (χ3v) is 5.28. The predicted octanol–water partition coefficient (Wildman–Crippen LogP) is 3.31. The quantitative estimate of drug-likeness (QED) is 0.727. The fourth-order valence-corrected chi connectivity index (χ4v) is 3.55. The highest BCUT2D eigenvalue weighted by atomic mass is 32.2. The van der Waals surface area contributed by atoms with Gasteiger partial charge in [-0.1, -0.05) is 42.2 Å². The average molecular weight is 361 g/mol. The van der Waals surface area contributed by atoms with E-state index in [0.29, 0.717) is 23.8 Å². The first-order chi connectivity index (χ1) is 11.6. The van der Waals surface area contributed by atoms with Crippen molar-refractivity contribution in [2.45, 2.75) is 24.1 Å². The summed E-state index contributed by atoms with van der Waals surface area (Å²) in [5.74, 6) is 0.275. The van der Waals surface area contributed by atoms with Crippen LogP contribution in [0.15, 0.2) is 28.6 Å². The molecule has 0 saturated carbocycles. The number of aromatic nitrogens is 2. The molecule has 1 heterocycles. The molecule has 0 spiro atoms. The molecule has 0 aliphatic carbocycles. The number of anilines is 2. The van der Waals surface area contributed by atoms with Crippen molar-refractivity contribution in [3.05, 3.63) is 29.8 Å². The maximum Gasteiger partial charge on any atom is 0.232 e. The highest BCUT2D eigenvalue weighted by Crippen LogP contribution is 2.27. The number of carbonyl (C=O) groups excluding carboxylic acids is 1. The van der Waals surface area contributed by atoms with E-state index in [2.05, 4.69) is 34.6 Å². The Bertz CT molecular complexity index is 708. The Labute approximate surface area is 149 Å². The molecule has 0 unspecified atom stereocenters. The third kappa shape index (κ3) is 5.51. The van der Waals surface area contributed by atoms with E-state index in [0.717, 1.165) is 16.4 Å². The van der Waals surface area contributed by atoms with Gasteiger partial charge in [-0.25, -0.2) is 0 Å². The number of carbonyl (C=O) groups is 1. The summed E-state index contributed by atoms with van der Waals surface area (Å²) in [4.78, 5) is 13.5. The zero-order valence-corrected chi connectivity index (χ0v) is 15.3. The van der Waals surface area contributed by atoms with Crippen LogP contribution in [0.2, 0.25) is 0 Å². The van der Waals surface area contributed by atoms with Crippen molar-refractivity contribution in [2.75, 3.05) is 24.7 Å². The third-order valence-electron chi connectivity index (χ3n) is 3.32. The summed E-state index contributed by atoms with van der Waals surface area (Å²) >= 11 is 2.77. The van der Waals surface area contributed by atoms with E-state index in [1.807, 2.05) is 18.2 Å². The van der Waals surface area contributed by atoms with Gasteiger partial charge < -0.3 is 10.2 Å². The second-order valence-electron chi connectivity index (χ2n) is 5.06. The summed E-state index contributed by atoms with van der Waals surface area (Å²) in [7, 11) is 1.70. The van der Waals surface area contributed by atoms with Crippen molar-refractivity contribution in [1.29, 1.82) is 5.26 Å². The van der Waals surface area contributed by atoms with Gasteiger partial charge in [0, 0.05) is 19.3 Å². The highest BCUT2D eigenvalue weighted by molar-refractivity contribution is 8.01. The van der Waals surface area contributed by atoms with Crippen LogP contribution in [0.3, 0.4) is 0 Å². The number of amides is 1. The molecule has 8 heteroatoms. The number of thioether (sulfide) groups is 1. The number of nitrogens with one attached hydrogen (secondary N) is 1. The number of hydrogen-bond acceptors (Lipinski definition) is 7. The molecule has 6 nitrogen and oxygen atoms in total. The normalized spacial score (nSPS) is 10.2. The van der Waals surface area contributed by atoms with E-state index >= 15 is 0 Å². The largest absolute Gasteiger partial charge is 0.344 e. The maximum absolute atomic E-state index is 11.9. The molecule has 126 valence electrons. The van der Waals surface area contributed by atoms with E-state index in [1.165, 1.54) is 28.7 Å². The van der Waals surface area contributed by atoms with Crippen LogP contribution in [0.5, 0.6) is 0 Å². The summed E-state index contributed by atoms with van der Waals surface area (Å²) in [6.45, 7) is 2.57. The van der Waals surface area contributed by atoms with Crippen molar-refractivity contribution in [3.63, 3.8) is 0 Å². The molecule has 0 radical (unpaired) electrons. The summed E-state index contributed by atoms with van der Waals surface area (Å²) in [5, 5.41) is 20.6. The molecule has 1 aromatic heterocycles. The van der Waals surface area contributed by atoms with Crippen molar-refractivity contribution in [3.8, 4) is 6.07 Å². The molecule has 0 fully saturated rings. The topological polar surface area (TPSA) is 81.9 Å². The van der Waals surface area contributed by atoms with Gasteiger partial charge in [-0.2, -0.15) is 5.26 Å². The van der Waals surface area contributed by atoms with E-state index in [-0.39, 0.29) is 5.91 Å². The van der Waals surface area contributed by atoms with Gasteiger partial charge in [-0.3, -0.25) is 4.79 Å². The van der Waals surface area contributed by atoms with Gasteiger partial charge in [0.2, 0.25) is 11.0 Å². The Morgan fingerprint density at radius 3 is 2.79 bits per heavy atom. The number of nitrogens with zero attached hydrogens (tertiary/aromatic N) is 4. The van der Waals surface area contributed by atoms with Crippen LogP contribution in [0.4, 0.5) is 10.8 Å². The van der Waals surface area contributed by atoms with Crippen LogP contribution in [0, 0.1) is 11.3 Å². The smallest absolute Gasteiger partial charge is 0.232 e. The van der Waals surface area contributed by atoms with Crippen LogP contribution in [-0.4, -0.2) is 40.3 Å². The second kappa shape index (κ2) is 9.25. The van der Waals surface area contributed by atoms with E-state index in [1.54, 1.807) is 11.9 Å². The number of nitriles is 1. The van der Waals surface area contributed by atoms with Crippen LogP contribution in [0.25, 0.3) is 0 Å². The van der Waals surface area contributed by atoms with Crippen LogP contribution in [0.1, 0.15) is 18.9 Å². The summed E-state index contributed by atoms with van der Waals surface area (Å²) in [6, 6.07) is 10.2. The van der Waals surface area contributed by atoms with Crippen molar-refractivity contribution in [1.82, 2.24) is 15.1 Å². The molecule has 1 aromatic carbocycles. The number of aryl methyl sites for hydroxylation is 1. The first-order valence-corrected chi connectivity index (χ1v) is 9.35. The highest BCUT2D eigenvalue weighted by Gasteiger charge is 2.11. The Hall–Kier alpha value is -2.11. The van der Waals surface area contributed by atoms with Gasteiger partial charge in [0.15, 0.2) is 4.34 Å². The Morgan fingerprint density at radius 1 is 1.38 bits per heavy atom. The fraction of sp³-hybridized carbons (Fsp3) is 0.375. The minimum atomic E-state index is -0.0184. The number of hydrogen-bond donors (Lipinski definition) is 1. The molecule has 0 saturated heterocycles. The monoisotopic (exact) mass is 361 g/mol. The van der Waals surface area contributed by atoms with Gasteiger partial charge in [0.25, 0.3) is 0 Å². The van der Waals surface area contributed by atoms with Gasteiger partial charge in [0.1, 0.15) is 0 Å². The van der Waals surface area contributed by atoms with Gasteiger partial charge in [-0.15, -0.1) is 10.2 Å². The Kier molecular flexibility index (Phi) is 7.03. The lowest BCUT2D eigenvalue weighted by molar-refractivity contribution is -0.127. The lowest BCUT2D eigenvalue weighted by Gasteiger charge is -2.14. The summed E-state index contributed by atoms with van der Waals surface area (Å²) in [6.07, 6.45) is 1.35. The zero-order chi connectivity index (χ0) is 17.4. The molecule has 0 bridgehead atoms. The second-order valence-corrected chi connectivity index (χ2v) is 7.26. The average Bonchev–Trinajstić information content (AvgIpc) is 3.05.